The van der Waals surface area contributed by atoms with Crippen LogP contribution in [-0.4, -0.2) is 75.7 Å². The van der Waals surface area contributed by atoms with Crippen LogP contribution in [0.15, 0.2) is 65.7 Å². The molecule has 1 amide bonds. The normalized spacial score (nSPS) is 16.9. The highest BCUT2D eigenvalue weighted by atomic mass is 16.6. The Morgan fingerprint density at radius 1 is 0.920 bits per heavy atom. The lowest BCUT2D eigenvalue weighted by atomic mass is 9.83. The van der Waals surface area contributed by atoms with Crippen LogP contribution in [0.25, 0.3) is 0 Å². The van der Waals surface area contributed by atoms with Crippen LogP contribution in [0, 0.1) is 0 Å². The summed E-state index contributed by atoms with van der Waals surface area (Å²) in [6.45, 7) is 5.92. The van der Waals surface area contributed by atoms with E-state index in [-0.39, 0.29) is 31.9 Å². The Bertz CT molecular complexity index is 1610. The second-order valence-corrected chi connectivity index (χ2v) is 12.5. The van der Waals surface area contributed by atoms with Crippen LogP contribution in [0.3, 0.4) is 0 Å². The lowest BCUT2D eigenvalue weighted by Crippen LogP contribution is -2.52. The number of carbonyl (C=O) groups excluding carboxylic acids is 2. The summed E-state index contributed by atoms with van der Waals surface area (Å²) in [6, 6.07) is 17.8. The maximum Gasteiger partial charge on any atom is 0.306 e. The van der Waals surface area contributed by atoms with E-state index in [1.54, 1.807) is 82.5 Å². The molecule has 0 saturated carbocycles. The Morgan fingerprint density at radius 2 is 1.62 bits per heavy atom. The Labute approximate surface area is 292 Å². The van der Waals surface area contributed by atoms with Crippen molar-refractivity contribution in [2.75, 3.05) is 41.7 Å². The number of aliphatic hydroxyl groups excluding tert-OH is 1. The van der Waals surface area contributed by atoms with Crippen LogP contribution in [0.2, 0.25) is 0 Å². The number of nitrogens with zero attached hydrogens (tertiary/aromatic N) is 1. The molecule has 0 fully saturated rings. The zero-order valence-corrected chi connectivity index (χ0v) is 29.7. The molecular weight excluding hydrogens is 646 g/mol. The zero-order chi connectivity index (χ0) is 36.3. The first-order valence-electron chi connectivity index (χ1n) is 16.3. The van der Waals surface area contributed by atoms with Gasteiger partial charge in [-0.25, -0.2) is 10.4 Å². The Balaban J connectivity index is 1.71. The first kappa shape index (κ1) is 37.8. The van der Waals surface area contributed by atoms with Crippen LogP contribution in [0.5, 0.6) is 28.7 Å². The lowest BCUT2D eigenvalue weighted by Gasteiger charge is -2.31. The quantitative estimate of drug-likeness (QED) is 0.103. The number of aliphatic hydroxyl groups is 1. The average molecular weight is 694 g/mol. The minimum atomic E-state index is -1.61. The smallest absolute Gasteiger partial charge is 0.306 e. The number of aliphatic imine (C=N–C) groups is 1. The van der Waals surface area contributed by atoms with Gasteiger partial charge in [-0.05, 0) is 86.8 Å². The number of rotatable bonds is 17. The number of ether oxygens (including phenoxy) is 7. The van der Waals surface area contributed by atoms with Gasteiger partial charge >= 0.3 is 5.97 Å². The average Bonchev–Trinajstić information content (AvgIpc) is 3.51. The van der Waals surface area contributed by atoms with Crippen LogP contribution in [-0.2, 0) is 25.6 Å². The number of hydrazine groups is 1. The molecule has 0 aromatic heterocycles. The topological polar surface area (TPSA) is 155 Å². The van der Waals surface area contributed by atoms with Crippen molar-refractivity contribution in [3.05, 3.63) is 77.4 Å². The van der Waals surface area contributed by atoms with Gasteiger partial charge in [-0.1, -0.05) is 12.1 Å². The molecule has 3 aromatic rings. The number of nitrogens with one attached hydrogen (secondary N) is 2. The van der Waals surface area contributed by atoms with Crippen molar-refractivity contribution in [3.63, 3.8) is 0 Å². The number of carbonyl (C=O) groups is 2. The molecule has 270 valence electrons. The SMILES string of the molecule is COc1cccc([C@@H]2OC(c3ccc(OCCCO)cc3)=N[C@]2(CCC(=O)OC(C)(C)C)C(=O)NNCc2cc(OC)c(OC)c(OC)c2)c1. The van der Waals surface area contributed by atoms with Gasteiger partial charge in [-0.15, -0.1) is 0 Å². The minimum absolute atomic E-state index is 0.0270. The van der Waals surface area contributed by atoms with Gasteiger partial charge in [0.05, 0.1) is 35.0 Å². The van der Waals surface area contributed by atoms with Crippen LogP contribution in [0.4, 0.5) is 0 Å². The van der Waals surface area contributed by atoms with E-state index in [0.29, 0.717) is 52.9 Å². The maximum absolute atomic E-state index is 14.5. The molecule has 3 aromatic carbocycles. The van der Waals surface area contributed by atoms with Gasteiger partial charge in [0.15, 0.2) is 23.1 Å². The molecule has 1 aliphatic rings. The second kappa shape index (κ2) is 17.1. The van der Waals surface area contributed by atoms with E-state index in [0.717, 1.165) is 5.56 Å². The molecule has 0 unspecified atom stereocenters. The molecule has 0 aliphatic carbocycles. The van der Waals surface area contributed by atoms with E-state index in [1.165, 1.54) is 21.3 Å². The van der Waals surface area contributed by atoms with E-state index >= 15 is 0 Å². The molecule has 0 saturated heterocycles. The highest BCUT2D eigenvalue weighted by Gasteiger charge is 2.53. The van der Waals surface area contributed by atoms with Crippen molar-refractivity contribution in [1.82, 2.24) is 10.9 Å². The second-order valence-electron chi connectivity index (χ2n) is 12.5. The molecule has 4 rings (SSSR count). The van der Waals surface area contributed by atoms with Crippen molar-refractivity contribution in [2.24, 2.45) is 4.99 Å². The summed E-state index contributed by atoms with van der Waals surface area (Å²) in [5.74, 6) is 1.74. The fraction of sp³-hybridized carbons (Fsp3) is 0.432. The molecule has 1 aliphatic heterocycles. The maximum atomic E-state index is 14.5. The summed E-state index contributed by atoms with van der Waals surface area (Å²) in [4.78, 5) is 32.5. The van der Waals surface area contributed by atoms with Crippen molar-refractivity contribution in [1.29, 1.82) is 0 Å². The van der Waals surface area contributed by atoms with E-state index in [2.05, 4.69) is 10.9 Å². The molecule has 3 N–H and O–H groups in total. The van der Waals surface area contributed by atoms with Gasteiger partial charge in [-0.3, -0.25) is 15.0 Å². The minimum Gasteiger partial charge on any atom is -0.497 e. The Hall–Kier alpha value is -5.01. The molecule has 2 atom stereocenters. The molecule has 0 spiro atoms. The fourth-order valence-electron chi connectivity index (χ4n) is 5.43. The van der Waals surface area contributed by atoms with Crippen LogP contribution >= 0.6 is 0 Å². The number of hydrogen-bond acceptors (Lipinski definition) is 12. The summed E-state index contributed by atoms with van der Waals surface area (Å²) in [6.07, 6.45) is -0.593. The number of amides is 1. The first-order valence-corrected chi connectivity index (χ1v) is 16.3. The number of esters is 1. The van der Waals surface area contributed by atoms with Crippen LogP contribution in [0.1, 0.15) is 62.8 Å². The van der Waals surface area contributed by atoms with E-state index in [4.69, 9.17) is 43.3 Å². The van der Waals surface area contributed by atoms with Crippen LogP contribution < -0.4 is 34.5 Å². The number of methoxy groups -OCH3 is 4. The van der Waals surface area contributed by atoms with E-state index in [1.807, 2.05) is 6.07 Å². The standard InChI is InChI=1S/C37H47N3O10/c1-36(2,3)50-31(42)16-17-37(35(43)40-38-23-24-20-29(45-5)32(47-7)30(21-24)46-6)33(26-10-8-11-28(22-26)44-4)49-34(39-37)25-12-14-27(15-13-25)48-19-9-18-41/h8,10-15,20-22,33,38,41H,9,16-19,23H2,1-7H3,(H,40,43)/t33-,37-/m0/s1. The lowest BCUT2D eigenvalue weighted by molar-refractivity contribution is -0.155. The highest BCUT2D eigenvalue weighted by Crippen LogP contribution is 2.44. The Kier molecular flexibility index (Phi) is 12.9. The molecule has 13 heteroatoms. The van der Waals surface area contributed by atoms with E-state index < -0.39 is 29.1 Å². The van der Waals surface area contributed by atoms with Crippen molar-refractivity contribution in [3.8, 4) is 28.7 Å². The monoisotopic (exact) mass is 693 g/mol. The molecule has 1 heterocycles. The molecule has 13 nitrogen and oxygen atoms in total. The third-order valence-corrected chi connectivity index (χ3v) is 7.78. The van der Waals surface area contributed by atoms with Crippen molar-refractivity contribution < 1.29 is 47.9 Å². The third-order valence-electron chi connectivity index (χ3n) is 7.78. The third kappa shape index (κ3) is 9.36. The predicted octanol–water partition coefficient (Wildman–Crippen LogP) is 4.68. The fourth-order valence-corrected chi connectivity index (χ4v) is 5.43. The number of benzene rings is 3. The van der Waals surface area contributed by atoms with Gasteiger partial charge < -0.3 is 38.3 Å². The largest absolute Gasteiger partial charge is 0.497 e. The summed E-state index contributed by atoms with van der Waals surface area (Å²) in [7, 11) is 6.12. The Morgan fingerprint density at radius 3 is 2.22 bits per heavy atom. The molecule has 0 bridgehead atoms. The summed E-state index contributed by atoms with van der Waals surface area (Å²) in [5, 5.41) is 9.08. The predicted molar refractivity (Wildman–Crippen MR) is 186 cm³/mol. The van der Waals surface area contributed by atoms with Gasteiger partial charge in [0, 0.05) is 31.6 Å². The highest BCUT2D eigenvalue weighted by molar-refractivity contribution is 6.01. The first-order chi connectivity index (χ1) is 24.0. The molecule has 50 heavy (non-hydrogen) atoms. The van der Waals surface area contributed by atoms with Gasteiger partial charge in [0.2, 0.25) is 11.6 Å². The van der Waals surface area contributed by atoms with Gasteiger partial charge in [-0.2, -0.15) is 0 Å². The summed E-state index contributed by atoms with van der Waals surface area (Å²) in [5.41, 5.74) is 5.44. The van der Waals surface area contributed by atoms with E-state index in [9.17, 15) is 9.59 Å². The van der Waals surface area contributed by atoms with Gasteiger partial charge in [0.25, 0.3) is 5.91 Å². The molecule has 0 radical (unpaired) electrons. The number of hydrogen-bond donors (Lipinski definition) is 3. The summed E-state index contributed by atoms with van der Waals surface area (Å²) < 4.78 is 39.7. The molecular formula is C37H47N3O10. The van der Waals surface area contributed by atoms with Crippen molar-refractivity contribution >= 4 is 17.8 Å². The van der Waals surface area contributed by atoms with Crippen molar-refractivity contribution in [2.45, 2.75) is 63.8 Å². The summed E-state index contributed by atoms with van der Waals surface area (Å²) >= 11 is 0. The van der Waals surface area contributed by atoms with Gasteiger partial charge in [0.1, 0.15) is 17.1 Å². The zero-order valence-electron chi connectivity index (χ0n) is 29.7.